The molecule has 0 bridgehead atoms. The molecule has 0 radical (unpaired) electrons. The average molecular weight is 455 g/mol. The van der Waals surface area contributed by atoms with Gasteiger partial charge in [0.25, 0.3) is 0 Å². The van der Waals surface area contributed by atoms with Crippen molar-refractivity contribution in [3.63, 3.8) is 0 Å². The molecule has 3 heteroatoms. The predicted octanol–water partition coefficient (Wildman–Crippen LogP) is 8.50. The van der Waals surface area contributed by atoms with Crippen molar-refractivity contribution in [1.29, 1.82) is 0 Å². The number of rotatable bonds is 3. The number of para-hydroxylation sites is 2. The van der Waals surface area contributed by atoms with Crippen molar-refractivity contribution in [2.75, 3.05) is 5.32 Å². The van der Waals surface area contributed by atoms with Gasteiger partial charge in [-0.05, 0) is 65.8 Å². The molecule has 2 nitrogen and oxygen atoms in total. The van der Waals surface area contributed by atoms with Gasteiger partial charge >= 0.3 is 0 Å². The van der Waals surface area contributed by atoms with Crippen LogP contribution in [0, 0.1) is 0 Å². The summed E-state index contributed by atoms with van der Waals surface area (Å²) >= 11 is 6.91. The van der Waals surface area contributed by atoms with E-state index >= 15 is 0 Å². The van der Waals surface area contributed by atoms with E-state index in [1.807, 2.05) is 0 Å². The molecule has 2 aromatic rings. The van der Waals surface area contributed by atoms with Gasteiger partial charge in [-0.1, -0.05) is 87.8 Å². The van der Waals surface area contributed by atoms with E-state index in [1.54, 1.807) is 0 Å². The third-order valence-corrected chi connectivity index (χ3v) is 7.84. The van der Waals surface area contributed by atoms with Gasteiger partial charge in [-0.3, -0.25) is 4.99 Å². The Morgan fingerprint density at radius 1 is 0.848 bits per heavy atom. The zero-order valence-corrected chi connectivity index (χ0v) is 20.6. The third-order valence-electron chi connectivity index (χ3n) is 7.35. The van der Waals surface area contributed by atoms with Crippen molar-refractivity contribution in [3.05, 3.63) is 106 Å². The van der Waals surface area contributed by atoms with Gasteiger partial charge in [-0.2, -0.15) is 0 Å². The van der Waals surface area contributed by atoms with Crippen LogP contribution in [0.3, 0.4) is 0 Å². The Balaban J connectivity index is 1.41. The van der Waals surface area contributed by atoms with Gasteiger partial charge in [0, 0.05) is 27.2 Å². The Bertz CT molecular complexity index is 1270. The highest BCUT2D eigenvalue weighted by atomic mass is 35.5. The number of fused-ring (bicyclic) bond motifs is 2. The zero-order valence-electron chi connectivity index (χ0n) is 19.9. The first-order chi connectivity index (χ1) is 15.8. The summed E-state index contributed by atoms with van der Waals surface area (Å²) in [6.07, 6.45) is 11.9. The molecule has 0 saturated heterocycles. The first kappa shape index (κ1) is 22.0. The number of nitrogens with zero attached hydrogens (tertiary/aromatic N) is 1. The van der Waals surface area contributed by atoms with Crippen LogP contribution in [0.1, 0.15) is 58.1 Å². The summed E-state index contributed by atoms with van der Waals surface area (Å²) in [4.78, 5) is 4.89. The van der Waals surface area contributed by atoms with Crippen LogP contribution in [0.25, 0.3) is 0 Å². The Kier molecular flexibility index (Phi) is 5.45. The van der Waals surface area contributed by atoms with Crippen molar-refractivity contribution >= 4 is 28.7 Å². The lowest BCUT2D eigenvalue weighted by atomic mass is 9.81. The number of nitrogens with one attached hydrogen (secondary N) is 1. The van der Waals surface area contributed by atoms with E-state index in [0.717, 1.165) is 35.7 Å². The molecular formula is C30H31ClN2. The van der Waals surface area contributed by atoms with Crippen molar-refractivity contribution in [2.24, 2.45) is 4.99 Å². The second-order valence-electron chi connectivity index (χ2n) is 10.2. The number of allylic oxidation sites excluding steroid dienone is 8. The van der Waals surface area contributed by atoms with Crippen LogP contribution in [-0.4, -0.2) is 5.71 Å². The molecule has 0 aromatic heterocycles. The fourth-order valence-electron chi connectivity index (χ4n) is 5.16. The molecule has 0 atom stereocenters. The lowest BCUT2D eigenvalue weighted by molar-refractivity contribution is 0.654. The van der Waals surface area contributed by atoms with E-state index in [9.17, 15) is 0 Å². The SMILES string of the molecule is CC1(C)C(C=CC2=C(Cl)C(=CC=C3Nc4ccccc4C3(C)C)CCC2)=Nc2ccccc21. The van der Waals surface area contributed by atoms with Crippen molar-refractivity contribution in [1.82, 2.24) is 0 Å². The van der Waals surface area contributed by atoms with Crippen molar-refractivity contribution in [2.45, 2.75) is 57.8 Å². The lowest BCUT2D eigenvalue weighted by Gasteiger charge is -2.21. The molecule has 0 saturated carbocycles. The maximum absolute atomic E-state index is 6.91. The third kappa shape index (κ3) is 3.81. The smallest absolute Gasteiger partial charge is 0.0674 e. The molecule has 0 amide bonds. The molecule has 2 aliphatic heterocycles. The molecule has 1 N–H and O–H groups in total. The number of halogens is 1. The van der Waals surface area contributed by atoms with Crippen LogP contribution in [0.4, 0.5) is 11.4 Å². The predicted molar refractivity (Wildman–Crippen MR) is 142 cm³/mol. The van der Waals surface area contributed by atoms with Crippen molar-refractivity contribution < 1.29 is 0 Å². The highest BCUT2D eigenvalue weighted by molar-refractivity contribution is 6.32. The number of hydrogen-bond donors (Lipinski definition) is 1. The topological polar surface area (TPSA) is 24.4 Å². The summed E-state index contributed by atoms with van der Waals surface area (Å²) in [5.74, 6) is 0. The first-order valence-corrected chi connectivity index (χ1v) is 12.2. The van der Waals surface area contributed by atoms with E-state index in [0.29, 0.717) is 0 Å². The largest absolute Gasteiger partial charge is 0.358 e. The van der Waals surface area contributed by atoms with E-state index < -0.39 is 0 Å². The summed E-state index contributed by atoms with van der Waals surface area (Å²) in [5, 5.41) is 4.48. The normalized spacial score (nSPS) is 23.1. The standard InChI is InChI=1S/C30H31ClN2/c1-29(2)22-12-5-7-14-24(22)32-26(29)18-16-20-10-9-11-21(28(20)31)17-19-27-30(3,4)23-13-6-8-15-25(23)33-27/h5-8,12-19,32H,9-11H2,1-4H3. The highest BCUT2D eigenvalue weighted by Crippen LogP contribution is 2.44. The number of benzene rings is 2. The van der Waals surface area contributed by atoms with Gasteiger partial charge in [0.15, 0.2) is 0 Å². The molecule has 0 unspecified atom stereocenters. The second kappa shape index (κ2) is 8.18. The molecule has 2 aromatic carbocycles. The number of anilines is 1. The van der Waals surface area contributed by atoms with Crippen LogP contribution < -0.4 is 5.32 Å². The fraction of sp³-hybridized carbons (Fsp3) is 0.300. The van der Waals surface area contributed by atoms with Gasteiger partial charge in [-0.15, -0.1) is 0 Å². The zero-order chi connectivity index (χ0) is 23.2. The van der Waals surface area contributed by atoms with Gasteiger partial charge in [0.2, 0.25) is 0 Å². The maximum Gasteiger partial charge on any atom is 0.0674 e. The summed E-state index contributed by atoms with van der Waals surface area (Å²) in [6, 6.07) is 17.0. The lowest BCUT2D eigenvalue weighted by Crippen LogP contribution is -2.23. The minimum atomic E-state index is -0.0907. The fourth-order valence-corrected chi connectivity index (χ4v) is 5.47. The van der Waals surface area contributed by atoms with Gasteiger partial charge in [-0.25, -0.2) is 0 Å². The van der Waals surface area contributed by atoms with E-state index in [1.165, 1.54) is 33.7 Å². The molecule has 0 spiro atoms. The molecule has 33 heavy (non-hydrogen) atoms. The van der Waals surface area contributed by atoms with Crippen LogP contribution >= 0.6 is 11.6 Å². The summed E-state index contributed by atoms with van der Waals surface area (Å²) in [5.41, 5.74) is 9.47. The van der Waals surface area contributed by atoms with Crippen LogP contribution in [0.2, 0.25) is 0 Å². The highest BCUT2D eigenvalue weighted by Gasteiger charge is 2.34. The van der Waals surface area contributed by atoms with Crippen LogP contribution in [0.15, 0.2) is 99.7 Å². The van der Waals surface area contributed by atoms with Crippen LogP contribution in [0.5, 0.6) is 0 Å². The maximum atomic E-state index is 6.91. The molecule has 1 aliphatic carbocycles. The Morgan fingerprint density at radius 3 is 2.33 bits per heavy atom. The minimum absolute atomic E-state index is 0.0392. The molecule has 3 aliphatic rings. The molecule has 168 valence electrons. The van der Waals surface area contributed by atoms with Gasteiger partial charge in [0.1, 0.15) is 0 Å². The summed E-state index contributed by atoms with van der Waals surface area (Å²) in [7, 11) is 0. The molecule has 5 rings (SSSR count). The Labute approximate surface area is 202 Å². The number of hydrogen-bond acceptors (Lipinski definition) is 2. The molecule has 2 heterocycles. The number of aliphatic imine (C=N–C) groups is 1. The van der Waals surface area contributed by atoms with Crippen molar-refractivity contribution in [3.8, 4) is 0 Å². The molecule has 0 fully saturated rings. The van der Waals surface area contributed by atoms with E-state index in [2.05, 4.69) is 106 Å². The summed E-state index contributed by atoms with van der Waals surface area (Å²) in [6.45, 7) is 9.02. The minimum Gasteiger partial charge on any atom is -0.358 e. The van der Waals surface area contributed by atoms with Crippen LogP contribution in [-0.2, 0) is 10.8 Å². The first-order valence-electron chi connectivity index (χ1n) is 11.8. The van der Waals surface area contributed by atoms with Gasteiger partial charge in [0.05, 0.1) is 11.4 Å². The quantitative estimate of drug-likeness (QED) is 0.493. The summed E-state index contributed by atoms with van der Waals surface area (Å²) < 4.78 is 0. The van der Waals surface area contributed by atoms with E-state index in [4.69, 9.17) is 16.6 Å². The second-order valence-corrected chi connectivity index (χ2v) is 10.6. The monoisotopic (exact) mass is 454 g/mol. The average Bonchev–Trinajstić information content (AvgIpc) is 3.21. The van der Waals surface area contributed by atoms with Gasteiger partial charge < -0.3 is 5.32 Å². The van der Waals surface area contributed by atoms with E-state index in [-0.39, 0.29) is 10.8 Å². The molecular weight excluding hydrogens is 424 g/mol. The Hall–Kier alpha value is -2.84. The Morgan fingerprint density at radius 2 is 1.58 bits per heavy atom.